The summed E-state index contributed by atoms with van der Waals surface area (Å²) in [5.41, 5.74) is 2.24. The molecule has 0 radical (unpaired) electrons. The number of halogens is 2. The number of alkyl halides is 1. The van der Waals surface area contributed by atoms with E-state index in [4.69, 9.17) is 11.6 Å². The second kappa shape index (κ2) is 6.63. The number of carbonyl (C=O) groups excluding carboxylic acids is 1. The van der Waals surface area contributed by atoms with E-state index < -0.39 is 5.54 Å². The van der Waals surface area contributed by atoms with Gasteiger partial charge in [0.2, 0.25) is 0 Å². The lowest BCUT2D eigenvalue weighted by Crippen LogP contribution is -2.40. The van der Waals surface area contributed by atoms with Crippen LogP contribution < -0.4 is 5.32 Å². The van der Waals surface area contributed by atoms with Gasteiger partial charge in [0, 0.05) is 15.9 Å². The van der Waals surface area contributed by atoms with E-state index in [9.17, 15) is 4.79 Å². The van der Waals surface area contributed by atoms with Gasteiger partial charge < -0.3 is 5.32 Å². The molecule has 1 amide bonds. The monoisotopic (exact) mass is 365 g/mol. The van der Waals surface area contributed by atoms with Crippen molar-refractivity contribution in [1.29, 1.82) is 0 Å². The van der Waals surface area contributed by atoms with E-state index in [2.05, 4.69) is 21.2 Å². The third-order valence-electron chi connectivity index (χ3n) is 3.36. The molecule has 0 aliphatic rings. The number of hydrogen-bond acceptors (Lipinski definition) is 1. The van der Waals surface area contributed by atoms with Crippen molar-refractivity contribution >= 4 is 33.4 Å². The average molecular weight is 367 g/mol. The fourth-order valence-corrected chi connectivity index (χ4v) is 2.48. The largest absolute Gasteiger partial charge is 0.343 e. The van der Waals surface area contributed by atoms with Gasteiger partial charge in [-0.1, -0.05) is 40.2 Å². The Morgan fingerprint density at radius 1 is 1.10 bits per heavy atom. The average Bonchev–Trinajstić information content (AvgIpc) is 2.47. The maximum absolute atomic E-state index is 12.3. The standard InChI is InChI=1S/C17H17BrClNO/c1-17(2,14-7-9-15(18)10-8-14)20-16(21)13-5-3-12(11-19)4-6-13/h3-10H,11H2,1-2H3,(H,20,21). The normalized spacial score (nSPS) is 11.2. The van der Waals surface area contributed by atoms with Crippen LogP contribution in [0.5, 0.6) is 0 Å². The Hall–Kier alpha value is -1.32. The van der Waals surface area contributed by atoms with Crippen LogP contribution in [0.1, 0.15) is 35.3 Å². The lowest BCUT2D eigenvalue weighted by Gasteiger charge is -2.27. The second-order valence-electron chi connectivity index (χ2n) is 5.42. The Kier molecular flexibility index (Phi) is 5.07. The van der Waals surface area contributed by atoms with Crippen molar-refractivity contribution in [2.45, 2.75) is 25.3 Å². The molecule has 0 saturated heterocycles. The highest BCUT2D eigenvalue weighted by Gasteiger charge is 2.23. The molecule has 0 aromatic heterocycles. The lowest BCUT2D eigenvalue weighted by atomic mass is 9.94. The van der Waals surface area contributed by atoms with Gasteiger partial charge in [-0.25, -0.2) is 0 Å². The van der Waals surface area contributed by atoms with Gasteiger partial charge in [-0.3, -0.25) is 4.79 Å². The SMILES string of the molecule is CC(C)(NC(=O)c1ccc(CCl)cc1)c1ccc(Br)cc1. The molecule has 0 bridgehead atoms. The zero-order valence-corrected chi connectivity index (χ0v) is 14.3. The summed E-state index contributed by atoms with van der Waals surface area (Å²) in [7, 11) is 0. The third-order valence-corrected chi connectivity index (χ3v) is 4.20. The summed E-state index contributed by atoms with van der Waals surface area (Å²) >= 11 is 9.17. The highest BCUT2D eigenvalue weighted by atomic mass is 79.9. The Balaban J connectivity index is 2.14. The van der Waals surface area contributed by atoms with Crippen molar-refractivity contribution < 1.29 is 4.79 Å². The van der Waals surface area contributed by atoms with Crippen LogP contribution in [-0.4, -0.2) is 5.91 Å². The molecule has 4 heteroatoms. The van der Waals surface area contributed by atoms with Crippen LogP contribution in [-0.2, 0) is 11.4 Å². The molecule has 0 fully saturated rings. The van der Waals surface area contributed by atoms with Crippen LogP contribution in [0.2, 0.25) is 0 Å². The van der Waals surface area contributed by atoms with Gasteiger partial charge >= 0.3 is 0 Å². The fourth-order valence-electron chi connectivity index (χ4n) is 2.04. The summed E-state index contributed by atoms with van der Waals surface area (Å²) in [5.74, 6) is 0.357. The summed E-state index contributed by atoms with van der Waals surface area (Å²) in [6.45, 7) is 3.97. The van der Waals surface area contributed by atoms with Gasteiger partial charge in [-0.05, 0) is 49.2 Å². The summed E-state index contributed by atoms with van der Waals surface area (Å²) in [6.07, 6.45) is 0. The smallest absolute Gasteiger partial charge is 0.251 e. The van der Waals surface area contributed by atoms with Crippen LogP contribution in [0.4, 0.5) is 0 Å². The molecule has 0 unspecified atom stereocenters. The predicted octanol–water partition coefficient (Wildman–Crippen LogP) is 4.85. The molecular formula is C17H17BrClNO. The summed E-state index contributed by atoms with van der Waals surface area (Å²) in [4.78, 5) is 12.3. The molecule has 2 nitrogen and oxygen atoms in total. The number of benzene rings is 2. The second-order valence-corrected chi connectivity index (χ2v) is 6.60. The van der Waals surface area contributed by atoms with Gasteiger partial charge in [-0.15, -0.1) is 11.6 Å². The van der Waals surface area contributed by atoms with E-state index in [0.29, 0.717) is 11.4 Å². The first-order valence-corrected chi connectivity index (χ1v) is 7.98. The molecule has 0 atom stereocenters. The maximum atomic E-state index is 12.3. The predicted molar refractivity (Wildman–Crippen MR) is 90.6 cm³/mol. The molecular weight excluding hydrogens is 350 g/mol. The Morgan fingerprint density at radius 2 is 1.67 bits per heavy atom. The van der Waals surface area contributed by atoms with Gasteiger partial charge in [0.1, 0.15) is 0 Å². The Bertz CT molecular complexity index is 620. The number of rotatable bonds is 4. The Labute approximate surface area is 138 Å². The molecule has 21 heavy (non-hydrogen) atoms. The van der Waals surface area contributed by atoms with E-state index in [1.54, 1.807) is 12.1 Å². The minimum Gasteiger partial charge on any atom is -0.343 e. The van der Waals surface area contributed by atoms with E-state index >= 15 is 0 Å². The molecule has 0 aliphatic carbocycles. The van der Waals surface area contributed by atoms with Crippen LogP contribution >= 0.6 is 27.5 Å². The quantitative estimate of drug-likeness (QED) is 0.770. The zero-order valence-electron chi connectivity index (χ0n) is 12.0. The van der Waals surface area contributed by atoms with Crippen molar-refractivity contribution in [3.05, 3.63) is 69.7 Å². The molecule has 0 aliphatic heterocycles. The first-order valence-electron chi connectivity index (χ1n) is 6.66. The molecule has 110 valence electrons. The molecule has 2 rings (SSSR count). The molecule has 0 spiro atoms. The summed E-state index contributed by atoms with van der Waals surface area (Å²) < 4.78 is 1.02. The van der Waals surface area contributed by atoms with Gasteiger partial charge in [0.05, 0.1) is 5.54 Å². The summed E-state index contributed by atoms with van der Waals surface area (Å²) in [5, 5.41) is 3.06. The first-order chi connectivity index (χ1) is 9.92. The highest BCUT2D eigenvalue weighted by Crippen LogP contribution is 2.22. The molecule has 0 heterocycles. The van der Waals surface area contributed by atoms with Crippen LogP contribution in [0.25, 0.3) is 0 Å². The molecule has 2 aromatic rings. The maximum Gasteiger partial charge on any atom is 0.251 e. The molecule has 0 saturated carbocycles. The lowest BCUT2D eigenvalue weighted by molar-refractivity contribution is 0.0912. The van der Waals surface area contributed by atoms with E-state index in [1.165, 1.54) is 0 Å². The zero-order chi connectivity index (χ0) is 15.5. The minimum absolute atomic E-state index is 0.0935. The van der Waals surface area contributed by atoms with Gasteiger partial charge in [-0.2, -0.15) is 0 Å². The third kappa shape index (κ3) is 4.08. The Morgan fingerprint density at radius 3 is 2.19 bits per heavy atom. The van der Waals surface area contributed by atoms with Crippen molar-refractivity contribution in [2.24, 2.45) is 0 Å². The van der Waals surface area contributed by atoms with Crippen molar-refractivity contribution in [3.8, 4) is 0 Å². The number of nitrogens with one attached hydrogen (secondary N) is 1. The minimum atomic E-state index is -0.442. The van der Waals surface area contributed by atoms with Crippen LogP contribution in [0.3, 0.4) is 0 Å². The van der Waals surface area contributed by atoms with Crippen LogP contribution in [0.15, 0.2) is 53.0 Å². The van der Waals surface area contributed by atoms with Gasteiger partial charge in [0.15, 0.2) is 0 Å². The summed E-state index contributed by atoms with van der Waals surface area (Å²) in [6, 6.07) is 15.3. The van der Waals surface area contributed by atoms with Crippen molar-refractivity contribution in [2.75, 3.05) is 0 Å². The highest BCUT2D eigenvalue weighted by molar-refractivity contribution is 9.10. The van der Waals surface area contributed by atoms with E-state index in [0.717, 1.165) is 15.6 Å². The fraction of sp³-hybridized carbons (Fsp3) is 0.235. The first kappa shape index (κ1) is 16.1. The molecule has 2 aromatic carbocycles. The van der Waals surface area contributed by atoms with Crippen molar-refractivity contribution in [3.63, 3.8) is 0 Å². The number of hydrogen-bond donors (Lipinski definition) is 1. The number of amides is 1. The van der Waals surface area contributed by atoms with Crippen molar-refractivity contribution in [1.82, 2.24) is 5.32 Å². The van der Waals surface area contributed by atoms with E-state index in [-0.39, 0.29) is 5.91 Å². The van der Waals surface area contributed by atoms with Crippen LogP contribution in [0, 0.1) is 0 Å². The van der Waals surface area contributed by atoms with E-state index in [1.807, 2.05) is 50.2 Å². The topological polar surface area (TPSA) is 29.1 Å². The molecule has 1 N–H and O–H groups in total. The number of carbonyl (C=O) groups is 1. The van der Waals surface area contributed by atoms with Gasteiger partial charge in [0.25, 0.3) is 5.91 Å².